The zero-order valence-electron chi connectivity index (χ0n) is 11.9. The van der Waals surface area contributed by atoms with Gasteiger partial charge in [0.25, 0.3) is 0 Å². The molecule has 0 spiro atoms. The van der Waals surface area contributed by atoms with Crippen molar-refractivity contribution in [2.24, 2.45) is 5.92 Å². The van der Waals surface area contributed by atoms with Gasteiger partial charge in [-0.15, -0.1) is 0 Å². The standard InChI is InChI=1S/C17H26O2/c1-2-19-12-6-9-16-13-15(10-11-17(16)18)14-7-4-3-5-8-14/h3-5,7-8,15-18H,2,6,9-13H2,1H3. The molecule has 1 fully saturated rings. The highest BCUT2D eigenvalue weighted by Crippen LogP contribution is 2.38. The minimum atomic E-state index is -0.110. The van der Waals surface area contributed by atoms with Crippen molar-refractivity contribution in [3.63, 3.8) is 0 Å². The van der Waals surface area contributed by atoms with Crippen molar-refractivity contribution in [2.45, 2.75) is 51.0 Å². The first-order valence-corrected chi connectivity index (χ1v) is 7.62. The van der Waals surface area contributed by atoms with Crippen molar-refractivity contribution < 1.29 is 9.84 Å². The maximum Gasteiger partial charge on any atom is 0.0568 e. The average Bonchev–Trinajstić information content (AvgIpc) is 2.46. The first-order valence-electron chi connectivity index (χ1n) is 7.62. The van der Waals surface area contributed by atoms with Gasteiger partial charge in [-0.05, 0) is 56.4 Å². The molecule has 106 valence electrons. The van der Waals surface area contributed by atoms with Crippen molar-refractivity contribution in [2.75, 3.05) is 13.2 Å². The van der Waals surface area contributed by atoms with E-state index in [0.29, 0.717) is 11.8 Å². The van der Waals surface area contributed by atoms with Crippen LogP contribution in [-0.4, -0.2) is 24.4 Å². The second-order valence-corrected chi connectivity index (χ2v) is 5.59. The van der Waals surface area contributed by atoms with Crippen LogP contribution in [0.15, 0.2) is 30.3 Å². The first-order chi connectivity index (χ1) is 9.31. The molecule has 2 heteroatoms. The highest BCUT2D eigenvalue weighted by Gasteiger charge is 2.29. The molecule has 3 unspecified atom stereocenters. The third kappa shape index (κ3) is 4.32. The fourth-order valence-electron chi connectivity index (χ4n) is 3.18. The Morgan fingerprint density at radius 3 is 2.74 bits per heavy atom. The summed E-state index contributed by atoms with van der Waals surface area (Å²) in [5.41, 5.74) is 1.43. The van der Waals surface area contributed by atoms with E-state index in [1.807, 2.05) is 6.92 Å². The zero-order valence-corrected chi connectivity index (χ0v) is 11.9. The van der Waals surface area contributed by atoms with Crippen molar-refractivity contribution in [3.05, 3.63) is 35.9 Å². The lowest BCUT2D eigenvalue weighted by atomic mass is 9.75. The minimum Gasteiger partial charge on any atom is -0.393 e. The third-order valence-corrected chi connectivity index (χ3v) is 4.28. The monoisotopic (exact) mass is 262 g/mol. The fourth-order valence-corrected chi connectivity index (χ4v) is 3.18. The van der Waals surface area contributed by atoms with Gasteiger partial charge in [0.2, 0.25) is 0 Å². The number of hydrogen-bond acceptors (Lipinski definition) is 2. The molecule has 0 radical (unpaired) electrons. The molecule has 2 nitrogen and oxygen atoms in total. The number of aliphatic hydroxyl groups is 1. The molecule has 19 heavy (non-hydrogen) atoms. The summed E-state index contributed by atoms with van der Waals surface area (Å²) in [6, 6.07) is 10.7. The number of ether oxygens (including phenoxy) is 1. The van der Waals surface area contributed by atoms with Gasteiger partial charge in [-0.2, -0.15) is 0 Å². The first kappa shape index (κ1) is 14.5. The van der Waals surface area contributed by atoms with Gasteiger partial charge in [-0.1, -0.05) is 30.3 Å². The second kappa shape index (κ2) is 7.66. The lowest BCUT2D eigenvalue weighted by molar-refractivity contribution is 0.0495. The van der Waals surface area contributed by atoms with Gasteiger partial charge in [0.05, 0.1) is 6.10 Å². The lowest BCUT2D eigenvalue weighted by Gasteiger charge is -2.33. The quantitative estimate of drug-likeness (QED) is 0.791. The van der Waals surface area contributed by atoms with Crippen LogP contribution in [0.25, 0.3) is 0 Å². The molecule has 0 aliphatic heterocycles. The molecular formula is C17H26O2. The van der Waals surface area contributed by atoms with Gasteiger partial charge < -0.3 is 9.84 Å². The van der Waals surface area contributed by atoms with E-state index in [1.54, 1.807) is 0 Å². The van der Waals surface area contributed by atoms with Crippen LogP contribution in [0.5, 0.6) is 0 Å². The number of hydrogen-bond donors (Lipinski definition) is 1. The van der Waals surface area contributed by atoms with Crippen LogP contribution in [0, 0.1) is 5.92 Å². The summed E-state index contributed by atoms with van der Waals surface area (Å²) in [6.45, 7) is 3.65. The highest BCUT2D eigenvalue weighted by molar-refractivity contribution is 5.20. The Hall–Kier alpha value is -0.860. The van der Waals surface area contributed by atoms with Crippen LogP contribution in [0.4, 0.5) is 0 Å². The van der Waals surface area contributed by atoms with Gasteiger partial charge in [-0.3, -0.25) is 0 Å². The molecular weight excluding hydrogens is 236 g/mol. The van der Waals surface area contributed by atoms with Crippen LogP contribution in [0.1, 0.15) is 50.5 Å². The number of benzene rings is 1. The van der Waals surface area contributed by atoms with E-state index in [9.17, 15) is 5.11 Å². The SMILES string of the molecule is CCOCCCC1CC(c2ccccc2)CCC1O. The molecule has 1 N–H and O–H groups in total. The Morgan fingerprint density at radius 2 is 2.00 bits per heavy atom. The summed E-state index contributed by atoms with van der Waals surface area (Å²) in [5.74, 6) is 1.07. The molecule has 0 amide bonds. The van der Waals surface area contributed by atoms with Gasteiger partial charge in [0.15, 0.2) is 0 Å². The second-order valence-electron chi connectivity index (χ2n) is 5.59. The van der Waals surface area contributed by atoms with E-state index in [0.717, 1.165) is 45.3 Å². The molecule has 1 aliphatic rings. The van der Waals surface area contributed by atoms with Gasteiger partial charge in [-0.25, -0.2) is 0 Å². The normalized spacial score (nSPS) is 27.4. The third-order valence-electron chi connectivity index (χ3n) is 4.28. The van der Waals surface area contributed by atoms with Gasteiger partial charge in [0, 0.05) is 13.2 Å². The van der Waals surface area contributed by atoms with E-state index >= 15 is 0 Å². The lowest BCUT2D eigenvalue weighted by Crippen LogP contribution is -2.28. The maximum atomic E-state index is 10.1. The summed E-state index contributed by atoms with van der Waals surface area (Å²) < 4.78 is 5.39. The smallest absolute Gasteiger partial charge is 0.0568 e. The van der Waals surface area contributed by atoms with Crippen molar-refractivity contribution in [1.82, 2.24) is 0 Å². The topological polar surface area (TPSA) is 29.5 Å². The maximum absolute atomic E-state index is 10.1. The van der Waals surface area contributed by atoms with E-state index in [1.165, 1.54) is 5.56 Å². The number of rotatable bonds is 6. The molecule has 1 aromatic rings. The molecule has 1 aromatic carbocycles. The summed E-state index contributed by atoms with van der Waals surface area (Å²) in [4.78, 5) is 0. The average molecular weight is 262 g/mol. The summed E-state index contributed by atoms with van der Waals surface area (Å²) in [5, 5.41) is 10.1. The fraction of sp³-hybridized carbons (Fsp3) is 0.647. The molecule has 2 rings (SSSR count). The Bertz CT molecular complexity index is 350. The van der Waals surface area contributed by atoms with Gasteiger partial charge in [0.1, 0.15) is 0 Å². The Kier molecular flexibility index (Phi) is 5.87. The van der Waals surface area contributed by atoms with Crippen LogP contribution in [0.3, 0.4) is 0 Å². The van der Waals surface area contributed by atoms with E-state index in [4.69, 9.17) is 4.74 Å². The van der Waals surface area contributed by atoms with Gasteiger partial charge >= 0.3 is 0 Å². The molecule has 0 bridgehead atoms. The summed E-state index contributed by atoms with van der Waals surface area (Å²) in [7, 11) is 0. The highest BCUT2D eigenvalue weighted by atomic mass is 16.5. The van der Waals surface area contributed by atoms with Crippen molar-refractivity contribution in [1.29, 1.82) is 0 Å². The molecule has 0 saturated heterocycles. The Balaban J connectivity index is 1.85. The predicted octanol–water partition coefficient (Wildman–Crippen LogP) is 3.75. The molecule has 0 aromatic heterocycles. The summed E-state index contributed by atoms with van der Waals surface area (Å²) >= 11 is 0. The molecule has 1 aliphatic carbocycles. The van der Waals surface area contributed by atoms with Crippen LogP contribution in [-0.2, 0) is 4.74 Å². The van der Waals surface area contributed by atoms with E-state index in [2.05, 4.69) is 30.3 Å². The largest absolute Gasteiger partial charge is 0.393 e. The van der Waals surface area contributed by atoms with Crippen molar-refractivity contribution in [3.8, 4) is 0 Å². The molecule has 1 saturated carbocycles. The molecule has 0 heterocycles. The van der Waals surface area contributed by atoms with Crippen LogP contribution < -0.4 is 0 Å². The summed E-state index contributed by atoms with van der Waals surface area (Å²) in [6.07, 6.45) is 5.23. The zero-order chi connectivity index (χ0) is 13.5. The van der Waals surface area contributed by atoms with Crippen LogP contribution in [0.2, 0.25) is 0 Å². The van der Waals surface area contributed by atoms with Crippen LogP contribution >= 0.6 is 0 Å². The van der Waals surface area contributed by atoms with E-state index < -0.39 is 0 Å². The number of aliphatic hydroxyl groups excluding tert-OH is 1. The Labute approximate surface area is 116 Å². The molecule has 3 atom stereocenters. The predicted molar refractivity (Wildman–Crippen MR) is 78.3 cm³/mol. The minimum absolute atomic E-state index is 0.110. The van der Waals surface area contributed by atoms with Crippen molar-refractivity contribution >= 4 is 0 Å². The van der Waals surface area contributed by atoms with E-state index in [-0.39, 0.29) is 6.10 Å². The Morgan fingerprint density at radius 1 is 1.21 bits per heavy atom.